The van der Waals surface area contributed by atoms with E-state index in [9.17, 15) is 4.79 Å². The largest absolute Gasteiger partial charge is 0.497 e. The number of carboxylic acids is 1. The van der Waals surface area contributed by atoms with E-state index < -0.39 is 5.97 Å². The van der Waals surface area contributed by atoms with E-state index in [1.165, 1.54) is 6.07 Å². The van der Waals surface area contributed by atoms with Gasteiger partial charge in [0.1, 0.15) is 11.5 Å². The molecule has 106 valence electrons. The van der Waals surface area contributed by atoms with Crippen LogP contribution in [0.1, 0.15) is 17.4 Å². The van der Waals surface area contributed by atoms with Crippen molar-refractivity contribution in [3.8, 4) is 22.8 Å². The highest BCUT2D eigenvalue weighted by Gasteiger charge is 2.17. The lowest BCUT2D eigenvalue weighted by Gasteiger charge is -2.11. The normalized spacial score (nSPS) is 10.3. The van der Waals surface area contributed by atoms with Crippen LogP contribution in [0.25, 0.3) is 11.3 Å². The second-order valence-corrected chi connectivity index (χ2v) is 4.10. The molecule has 0 aliphatic rings. The van der Waals surface area contributed by atoms with Gasteiger partial charge in [0.2, 0.25) is 0 Å². The first-order valence-corrected chi connectivity index (χ1v) is 6.14. The minimum absolute atomic E-state index is 0.0136. The van der Waals surface area contributed by atoms with Crippen molar-refractivity contribution in [3.63, 3.8) is 0 Å². The monoisotopic (exact) mass is 276 g/mol. The molecule has 1 heterocycles. The van der Waals surface area contributed by atoms with E-state index in [2.05, 4.69) is 5.10 Å². The molecule has 0 radical (unpaired) electrons. The van der Waals surface area contributed by atoms with E-state index in [1.54, 1.807) is 31.0 Å². The van der Waals surface area contributed by atoms with E-state index in [-0.39, 0.29) is 5.69 Å². The predicted octanol–water partition coefficient (Wildman–Crippen LogP) is 2.29. The van der Waals surface area contributed by atoms with E-state index in [4.69, 9.17) is 14.6 Å². The third-order valence-electron chi connectivity index (χ3n) is 2.98. The average molecular weight is 276 g/mol. The number of aromatic nitrogens is 2. The molecule has 1 aromatic carbocycles. The highest BCUT2D eigenvalue weighted by atomic mass is 16.5. The van der Waals surface area contributed by atoms with Gasteiger partial charge in [-0.2, -0.15) is 5.10 Å². The molecule has 0 unspecified atom stereocenters. The lowest BCUT2D eigenvalue weighted by Crippen LogP contribution is -2.03. The summed E-state index contributed by atoms with van der Waals surface area (Å²) in [4.78, 5) is 11.0. The summed E-state index contributed by atoms with van der Waals surface area (Å²) in [5.74, 6) is 0.230. The van der Waals surface area contributed by atoms with Gasteiger partial charge in [-0.1, -0.05) is 0 Å². The van der Waals surface area contributed by atoms with Gasteiger partial charge in [0, 0.05) is 18.2 Å². The third-order valence-corrected chi connectivity index (χ3v) is 2.98. The summed E-state index contributed by atoms with van der Waals surface area (Å²) in [6, 6.07) is 6.91. The van der Waals surface area contributed by atoms with Gasteiger partial charge in [-0.15, -0.1) is 0 Å². The fourth-order valence-electron chi connectivity index (χ4n) is 1.99. The zero-order valence-electron chi connectivity index (χ0n) is 11.6. The predicted molar refractivity (Wildman–Crippen MR) is 73.4 cm³/mol. The Morgan fingerprint density at radius 2 is 2.05 bits per heavy atom. The summed E-state index contributed by atoms with van der Waals surface area (Å²) in [5, 5.41) is 13.1. The van der Waals surface area contributed by atoms with Gasteiger partial charge in [-0.3, -0.25) is 4.68 Å². The topological polar surface area (TPSA) is 73.6 Å². The number of carboxylic acid groups (broad SMARTS) is 1. The smallest absolute Gasteiger partial charge is 0.356 e. The number of rotatable bonds is 5. The molecular formula is C14H16N2O4. The summed E-state index contributed by atoms with van der Waals surface area (Å²) in [6.45, 7) is 2.47. The second kappa shape index (κ2) is 5.64. The van der Waals surface area contributed by atoms with Crippen LogP contribution in [0.15, 0.2) is 24.3 Å². The Morgan fingerprint density at radius 1 is 1.30 bits per heavy atom. The molecule has 6 heteroatoms. The van der Waals surface area contributed by atoms with Gasteiger partial charge in [0.15, 0.2) is 5.69 Å². The highest BCUT2D eigenvalue weighted by molar-refractivity contribution is 5.87. The maximum atomic E-state index is 11.0. The number of hydrogen-bond acceptors (Lipinski definition) is 4. The fourth-order valence-corrected chi connectivity index (χ4v) is 1.99. The SMILES string of the molecule is CCn1nc(C(=O)O)cc1-c1ccc(OC)cc1OC. The van der Waals surface area contributed by atoms with Crippen LogP contribution in [-0.2, 0) is 6.54 Å². The lowest BCUT2D eigenvalue weighted by molar-refractivity contribution is 0.0689. The number of benzene rings is 1. The number of methoxy groups -OCH3 is 2. The van der Waals surface area contributed by atoms with Crippen molar-refractivity contribution in [1.29, 1.82) is 0 Å². The Hall–Kier alpha value is -2.50. The molecule has 0 saturated heterocycles. The zero-order chi connectivity index (χ0) is 14.7. The van der Waals surface area contributed by atoms with E-state index in [1.807, 2.05) is 13.0 Å². The number of nitrogens with zero attached hydrogens (tertiary/aromatic N) is 2. The Balaban J connectivity index is 2.58. The quantitative estimate of drug-likeness (QED) is 0.907. The van der Waals surface area contributed by atoms with E-state index >= 15 is 0 Å². The molecule has 0 fully saturated rings. The standard InChI is InChI=1S/C14H16N2O4/c1-4-16-12(8-11(15-16)14(17)18)10-6-5-9(19-2)7-13(10)20-3/h5-8H,4H2,1-3H3,(H,17,18). The number of hydrogen-bond donors (Lipinski definition) is 1. The molecule has 1 aromatic heterocycles. The van der Waals surface area contributed by atoms with Gasteiger partial charge in [0.05, 0.1) is 19.9 Å². The molecule has 0 spiro atoms. The van der Waals surface area contributed by atoms with Crippen LogP contribution >= 0.6 is 0 Å². The molecule has 2 rings (SSSR count). The molecule has 1 N–H and O–H groups in total. The van der Waals surface area contributed by atoms with Crippen molar-refractivity contribution in [3.05, 3.63) is 30.0 Å². The summed E-state index contributed by atoms with van der Waals surface area (Å²) < 4.78 is 12.1. The Bertz CT molecular complexity index is 634. The van der Waals surface area contributed by atoms with Crippen molar-refractivity contribution in [2.45, 2.75) is 13.5 Å². The number of aromatic carboxylic acids is 1. The van der Waals surface area contributed by atoms with Crippen LogP contribution in [0.2, 0.25) is 0 Å². The molecule has 0 atom stereocenters. The summed E-state index contributed by atoms with van der Waals surface area (Å²) in [7, 11) is 3.14. The van der Waals surface area contributed by atoms with Gasteiger partial charge >= 0.3 is 5.97 Å². The van der Waals surface area contributed by atoms with Crippen LogP contribution in [-0.4, -0.2) is 35.1 Å². The van der Waals surface area contributed by atoms with Gasteiger partial charge in [-0.05, 0) is 25.1 Å². The van der Waals surface area contributed by atoms with Crippen molar-refractivity contribution in [2.75, 3.05) is 14.2 Å². The molecule has 0 aliphatic heterocycles. The van der Waals surface area contributed by atoms with Crippen LogP contribution in [0, 0.1) is 0 Å². The first-order chi connectivity index (χ1) is 9.60. The van der Waals surface area contributed by atoms with Gasteiger partial charge < -0.3 is 14.6 Å². The number of carbonyl (C=O) groups is 1. The summed E-state index contributed by atoms with van der Waals surface area (Å²) >= 11 is 0. The molecule has 0 saturated carbocycles. The molecule has 6 nitrogen and oxygen atoms in total. The van der Waals surface area contributed by atoms with Crippen molar-refractivity contribution < 1.29 is 19.4 Å². The Kier molecular flexibility index (Phi) is 3.93. The molecule has 0 aliphatic carbocycles. The Morgan fingerprint density at radius 3 is 2.60 bits per heavy atom. The summed E-state index contributed by atoms with van der Waals surface area (Å²) in [5.41, 5.74) is 1.49. The molecule has 2 aromatic rings. The van der Waals surface area contributed by atoms with E-state index in [0.29, 0.717) is 23.7 Å². The molecule has 20 heavy (non-hydrogen) atoms. The molecule has 0 bridgehead atoms. The van der Waals surface area contributed by atoms with Crippen molar-refractivity contribution in [1.82, 2.24) is 9.78 Å². The number of aryl methyl sites for hydroxylation is 1. The van der Waals surface area contributed by atoms with Crippen LogP contribution < -0.4 is 9.47 Å². The Labute approximate surface area is 116 Å². The highest BCUT2D eigenvalue weighted by Crippen LogP contribution is 2.33. The van der Waals surface area contributed by atoms with Crippen LogP contribution in [0.3, 0.4) is 0 Å². The van der Waals surface area contributed by atoms with Crippen LogP contribution in [0.5, 0.6) is 11.5 Å². The van der Waals surface area contributed by atoms with E-state index in [0.717, 1.165) is 5.56 Å². The van der Waals surface area contributed by atoms with Gasteiger partial charge in [0.25, 0.3) is 0 Å². The fraction of sp³-hybridized carbons (Fsp3) is 0.286. The lowest BCUT2D eigenvalue weighted by atomic mass is 10.1. The third kappa shape index (κ3) is 2.45. The molecular weight excluding hydrogens is 260 g/mol. The minimum Gasteiger partial charge on any atom is -0.497 e. The maximum Gasteiger partial charge on any atom is 0.356 e. The first kappa shape index (κ1) is 13.9. The zero-order valence-corrected chi connectivity index (χ0v) is 11.6. The first-order valence-electron chi connectivity index (χ1n) is 6.14. The number of ether oxygens (including phenoxy) is 2. The second-order valence-electron chi connectivity index (χ2n) is 4.10. The minimum atomic E-state index is -1.05. The van der Waals surface area contributed by atoms with Gasteiger partial charge in [-0.25, -0.2) is 4.79 Å². The maximum absolute atomic E-state index is 11.0. The van der Waals surface area contributed by atoms with Crippen molar-refractivity contribution in [2.24, 2.45) is 0 Å². The molecule has 0 amide bonds. The van der Waals surface area contributed by atoms with Crippen LogP contribution in [0.4, 0.5) is 0 Å². The summed E-state index contributed by atoms with van der Waals surface area (Å²) in [6.07, 6.45) is 0. The average Bonchev–Trinajstić information content (AvgIpc) is 2.90. The van der Waals surface area contributed by atoms with Crippen molar-refractivity contribution >= 4 is 5.97 Å².